The number of hydrogen-bond acceptors (Lipinski definition) is 3. The van der Waals surface area contributed by atoms with Gasteiger partial charge in [0.1, 0.15) is 12.7 Å². The molecule has 1 unspecified atom stereocenters. The SMILES string of the molecule is CCC=CC=CC=CC=COCC(O)CO. The van der Waals surface area contributed by atoms with Gasteiger partial charge in [-0.05, 0) is 12.5 Å². The third kappa shape index (κ3) is 10.8. The molecule has 0 heterocycles. The average molecular weight is 224 g/mol. The summed E-state index contributed by atoms with van der Waals surface area (Å²) in [6.07, 6.45) is 15.0. The van der Waals surface area contributed by atoms with Gasteiger partial charge in [-0.1, -0.05) is 43.4 Å². The van der Waals surface area contributed by atoms with Crippen LogP contribution in [0.2, 0.25) is 0 Å². The van der Waals surface area contributed by atoms with Crippen LogP contribution in [-0.4, -0.2) is 29.5 Å². The largest absolute Gasteiger partial charge is 0.498 e. The second-order valence-electron chi connectivity index (χ2n) is 3.10. The zero-order valence-corrected chi connectivity index (χ0v) is 9.62. The topological polar surface area (TPSA) is 49.7 Å². The Balaban J connectivity index is 3.55. The van der Waals surface area contributed by atoms with Crippen molar-refractivity contribution in [3.63, 3.8) is 0 Å². The molecule has 16 heavy (non-hydrogen) atoms. The Morgan fingerprint density at radius 1 is 1.06 bits per heavy atom. The van der Waals surface area contributed by atoms with Crippen molar-refractivity contribution in [2.24, 2.45) is 0 Å². The number of rotatable bonds is 8. The van der Waals surface area contributed by atoms with Crippen molar-refractivity contribution in [1.82, 2.24) is 0 Å². The van der Waals surface area contributed by atoms with Crippen LogP contribution in [0.5, 0.6) is 0 Å². The van der Waals surface area contributed by atoms with Crippen molar-refractivity contribution in [2.75, 3.05) is 13.2 Å². The summed E-state index contributed by atoms with van der Waals surface area (Å²) >= 11 is 0. The van der Waals surface area contributed by atoms with E-state index in [-0.39, 0.29) is 13.2 Å². The van der Waals surface area contributed by atoms with Gasteiger partial charge in [-0.15, -0.1) is 0 Å². The molecular formula is C13H20O3. The van der Waals surface area contributed by atoms with E-state index in [0.717, 1.165) is 6.42 Å². The molecule has 0 saturated carbocycles. The highest BCUT2D eigenvalue weighted by Crippen LogP contribution is 1.87. The standard InChI is InChI=1S/C13H20O3/c1-2-3-4-5-6-7-8-9-10-16-12-13(15)11-14/h3-10,13-15H,2,11-12H2,1H3. The molecule has 0 aromatic carbocycles. The first-order valence-corrected chi connectivity index (χ1v) is 5.36. The molecule has 0 fully saturated rings. The number of aliphatic hydroxyl groups is 2. The first kappa shape index (κ1) is 14.7. The highest BCUT2D eigenvalue weighted by molar-refractivity contribution is 5.14. The highest BCUT2D eigenvalue weighted by atomic mass is 16.5. The van der Waals surface area contributed by atoms with Crippen LogP contribution in [0, 0.1) is 0 Å². The first-order valence-electron chi connectivity index (χ1n) is 5.36. The molecule has 2 N–H and O–H groups in total. The highest BCUT2D eigenvalue weighted by Gasteiger charge is 1.98. The fraction of sp³-hybridized carbons (Fsp3) is 0.385. The third-order valence-corrected chi connectivity index (χ3v) is 1.60. The minimum Gasteiger partial charge on any atom is -0.498 e. The molecule has 0 bridgehead atoms. The number of hydrogen-bond donors (Lipinski definition) is 2. The van der Waals surface area contributed by atoms with E-state index in [1.165, 1.54) is 6.26 Å². The van der Waals surface area contributed by atoms with Gasteiger partial charge in [-0.2, -0.15) is 0 Å². The van der Waals surface area contributed by atoms with E-state index >= 15 is 0 Å². The second-order valence-corrected chi connectivity index (χ2v) is 3.10. The summed E-state index contributed by atoms with van der Waals surface area (Å²) in [5.74, 6) is 0. The molecule has 90 valence electrons. The molecule has 0 radical (unpaired) electrons. The van der Waals surface area contributed by atoms with Crippen molar-refractivity contribution < 1.29 is 14.9 Å². The van der Waals surface area contributed by atoms with Crippen LogP contribution in [0.25, 0.3) is 0 Å². The maximum Gasteiger partial charge on any atom is 0.115 e. The van der Waals surface area contributed by atoms with Crippen LogP contribution in [0.1, 0.15) is 13.3 Å². The fourth-order valence-electron chi connectivity index (χ4n) is 0.792. The maximum atomic E-state index is 8.94. The molecule has 0 aliphatic heterocycles. The Morgan fingerprint density at radius 3 is 2.31 bits per heavy atom. The van der Waals surface area contributed by atoms with Crippen molar-refractivity contribution >= 4 is 0 Å². The van der Waals surface area contributed by atoms with Crippen molar-refractivity contribution in [3.05, 3.63) is 48.8 Å². The van der Waals surface area contributed by atoms with Crippen LogP contribution in [-0.2, 0) is 4.74 Å². The molecule has 3 heteroatoms. The maximum absolute atomic E-state index is 8.94. The average Bonchev–Trinajstić information content (AvgIpc) is 2.31. The summed E-state index contributed by atoms with van der Waals surface area (Å²) in [5.41, 5.74) is 0. The molecule has 0 aliphatic rings. The van der Waals surface area contributed by atoms with Gasteiger partial charge in [0.15, 0.2) is 0 Å². The molecule has 0 rings (SSSR count). The van der Waals surface area contributed by atoms with Crippen LogP contribution < -0.4 is 0 Å². The summed E-state index contributed by atoms with van der Waals surface area (Å²) in [4.78, 5) is 0. The van der Waals surface area contributed by atoms with Crippen LogP contribution in [0.4, 0.5) is 0 Å². The molecule has 0 spiro atoms. The normalized spacial score (nSPS) is 14.7. The van der Waals surface area contributed by atoms with E-state index in [9.17, 15) is 0 Å². The molecule has 3 nitrogen and oxygen atoms in total. The van der Waals surface area contributed by atoms with Crippen LogP contribution in [0.15, 0.2) is 48.8 Å². The van der Waals surface area contributed by atoms with E-state index in [4.69, 9.17) is 14.9 Å². The van der Waals surface area contributed by atoms with Gasteiger partial charge in [-0.25, -0.2) is 0 Å². The predicted molar refractivity (Wildman–Crippen MR) is 65.9 cm³/mol. The van der Waals surface area contributed by atoms with Gasteiger partial charge < -0.3 is 14.9 Å². The van der Waals surface area contributed by atoms with E-state index in [1.54, 1.807) is 6.08 Å². The van der Waals surface area contributed by atoms with Crippen molar-refractivity contribution in [1.29, 1.82) is 0 Å². The zero-order valence-electron chi connectivity index (χ0n) is 9.62. The lowest BCUT2D eigenvalue weighted by Gasteiger charge is -2.04. The van der Waals surface area contributed by atoms with Gasteiger partial charge in [0, 0.05) is 0 Å². The van der Waals surface area contributed by atoms with E-state index < -0.39 is 6.10 Å². The molecule has 0 aromatic rings. The molecule has 0 saturated heterocycles. The third-order valence-electron chi connectivity index (χ3n) is 1.60. The van der Waals surface area contributed by atoms with Gasteiger partial charge in [0.05, 0.1) is 12.9 Å². The van der Waals surface area contributed by atoms with E-state index in [2.05, 4.69) is 13.0 Å². The summed E-state index contributed by atoms with van der Waals surface area (Å²) in [7, 11) is 0. The summed E-state index contributed by atoms with van der Waals surface area (Å²) in [6, 6.07) is 0. The molecule has 1 atom stereocenters. The summed E-state index contributed by atoms with van der Waals surface area (Å²) in [5, 5.41) is 17.4. The Bertz CT molecular complexity index is 252. The number of aliphatic hydroxyl groups excluding tert-OH is 2. The molecule has 0 aliphatic carbocycles. The van der Waals surface area contributed by atoms with Crippen molar-refractivity contribution in [2.45, 2.75) is 19.4 Å². The van der Waals surface area contributed by atoms with E-state index in [0.29, 0.717) is 0 Å². The quantitative estimate of drug-likeness (QED) is 0.489. The smallest absolute Gasteiger partial charge is 0.115 e. The fourth-order valence-corrected chi connectivity index (χ4v) is 0.792. The van der Waals surface area contributed by atoms with E-state index in [1.807, 2.05) is 30.4 Å². The predicted octanol–water partition coefficient (Wildman–Crippen LogP) is 1.95. The lowest BCUT2D eigenvalue weighted by Crippen LogP contribution is -2.17. The summed E-state index contributed by atoms with van der Waals surface area (Å²) < 4.78 is 4.95. The van der Waals surface area contributed by atoms with Gasteiger partial charge in [-0.3, -0.25) is 0 Å². The monoisotopic (exact) mass is 224 g/mol. The Hall–Kier alpha value is -1.32. The molecule has 0 amide bonds. The number of allylic oxidation sites excluding steroid dienone is 7. The summed E-state index contributed by atoms with van der Waals surface area (Å²) in [6.45, 7) is 1.91. The minimum absolute atomic E-state index is 0.107. The molecule has 0 aromatic heterocycles. The minimum atomic E-state index is -0.812. The van der Waals surface area contributed by atoms with Gasteiger partial charge in [0.2, 0.25) is 0 Å². The van der Waals surface area contributed by atoms with Crippen molar-refractivity contribution in [3.8, 4) is 0 Å². The van der Waals surface area contributed by atoms with Gasteiger partial charge in [0.25, 0.3) is 0 Å². The molecular weight excluding hydrogens is 204 g/mol. The lowest BCUT2D eigenvalue weighted by molar-refractivity contribution is 0.0384. The Kier molecular flexibility index (Phi) is 10.8. The van der Waals surface area contributed by atoms with Gasteiger partial charge >= 0.3 is 0 Å². The lowest BCUT2D eigenvalue weighted by atomic mass is 10.3. The Morgan fingerprint density at radius 2 is 1.69 bits per heavy atom. The van der Waals surface area contributed by atoms with Crippen LogP contribution in [0.3, 0.4) is 0 Å². The first-order chi connectivity index (χ1) is 7.81. The van der Waals surface area contributed by atoms with Crippen LogP contribution >= 0.6 is 0 Å². The zero-order chi connectivity index (χ0) is 12.1. The number of ether oxygens (including phenoxy) is 1. The second kappa shape index (κ2) is 11.8. The Labute approximate surface area is 97.1 Å².